The number of hydrogen-bond donors (Lipinski definition) is 0. The molecule has 2 atom stereocenters. The van der Waals surface area contributed by atoms with E-state index in [2.05, 4.69) is 4.90 Å². The van der Waals surface area contributed by atoms with Crippen molar-refractivity contribution in [1.82, 2.24) is 9.47 Å². The Morgan fingerprint density at radius 2 is 2.14 bits per heavy atom. The summed E-state index contributed by atoms with van der Waals surface area (Å²) in [6.45, 7) is 4.92. The third kappa shape index (κ3) is 2.59. The van der Waals surface area contributed by atoms with Crippen LogP contribution in [0.2, 0.25) is 0 Å². The standard InChI is InChI=1S/C17H22N2O3/c20-17-19(15-5-1-2-6-16(15)22-17)14-4-3-8-18(11-14)10-13-7-9-21-12-13/h1-2,5-6,13-14H,3-4,7-12H2/t13-,14-/m1/s1. The Labute approximate surface area is 129 Å². The van der Waals surface area contributed by atoms with Crippen LogP contribution in [0.25, 0.3) is 11.1 Å². The van der Waals surface area contributed by atoms with E-state index in [-0.39, 0.29) is 11.8 Å². The van der Waals surface area contributed by atoms with Gasteiger partial charge in [-0.05, 0) is 43.9 Å². The molecule has 1 aromatic carbocycles. The average molecular weight is 302 g/mol. The predicted octanol–water partition coefficient (Wildman–Crippen LogP) is 2.27. The molecule has 0 spiro atoms. The van der Waals surface area contributed by atoms with Crippen LogP contribution >= 0.6 is 0 Å². The molecular weight excluding hydrogens is 280 g/mol. The number of aromatic nitrogens is 1. The fraction of sp³-hybridized carbons (Fsp3) is 0.588. The zero-order valence-corrected chi connectivity index (χ0v) is 12.7. The molecule has 4 rings (SSSR count). The Balaban J connectivity index is 1.56. The molecule has 118 valence electrons. The molecule has 2 aliphatic rings. The van der Waals surface area contributed by atoms with Crippen LogP contribution in [0, 0.1) is 5.92 Å². The Hall–Kier alpha value is -1.59. The van der Waals surface area contributed by atoms with Gasteiger partial charge in [0.15, 0.2) is 5.58 Å². The number of likely N-dealkylation sites (tertiary alicyclic amines) is 1. The van der Waals surface area contributed by atoms with Crippen LogP contribution < -0.4 is 5.76 Å². The summed E-state index contributed by atoms with van der Waals surface area (Å²) in [6, 6.07) is 7.92. The van der Waals surface area contributed by atoms with Crippen molar-refractivity contribution >= 4 is 11.1 Å². The Morgan fingerprint density at radius 1 is 1.23 bits per heavy atom. The van der Waals surface area contributed by atoms with Crippen LogP contribution in [0.4, 0.5) is 0 Å². The maximum atomic E-state index is 12.2. The molecule has 5 nitrogen and oxygen atoms in total. The van der Waals surface area contributed by atoms with Gasteiger partial charge in [0.1, 0.15) is 0 Å². The van der Waals surface area contributed by atoms with Crippen molar-refractivity contribution in [1.29, 1.82) is 0 Å². The third-order valence-corrected chi connectivity index (χ3v) is 4.90. The van der Waals surface area contributed by atoms with Crippen LogP contribution in [0.15, 0.2) is 33.5 Å². The molecule has 3 heterocycles. The molecule has 2 aromatic rings. The fourth-order valence-electron chi connectivity index (χ4n) is 3.83. The van der Waals surface area contributed by atoms with Gasteiger partial charge in [-0.15, -0.1) is 0 Å². The summed E-state index contributed by atoms with van der Waals surface area (Å²) in [5.74, 6) is 0.425. The predicted molar refractivity (Wildman–Crippen MR) is 84.1 cm³/mol. The lowest BCUT2D eigenvalue weighted by molar-refractivity contribution is 0.135. The molecule has 0 amide bonds. The van der Waals surface area contributed by atoms with Gasteiger partial charge in [-0.1, -0.05) is 12.1 Å². The molecule has 0 bridgehead atoms. The average Bonchev–Trinajstić information content (AvgIpc) is 3.14. The van der Waals surface area contributed by atoms with E-state index in [9.17, 15) is 4.79 Å². The highest BCUT2D eigenvalue weighted by Gasteiger charge is 2.27. The lowest BCUT2D eigenvalue weighted by atomic mass is 10.0. The van der Waals surface area contributed by atoms with E-state index in [4.69, 9.17) is 9.15 Å². The fourth-order valence-corrected chi connectivity index (χ4v) is 3.83. The molecule has 0 aliphatic carbocycles. The number of para-hydroxylation sites is 2. The van der Waals surface area contributed by atoms with Gasteiger partial charge in [-0.2, -0.15) is 0 Å². The number of ether oxygens (including phenoxy) is 1. The summed E-state index contributed by atoms with van der Waals surface area (Å²) >= 11 is 0. The first-order valence-electron chi connectivity index (χ1n) is 8.21. The van der Waals surface area contributed by atoms with Gasteiger partial charge in [0, 0.05) is 19.7 Å². The number of nitrogens with zero attached hydrogens (tertiary/aromatic N) is 2. The van der Waals surface area contributed by atoms with E-state index in [1.165, 1.54) is 0 Å². The lowest BCUT2D eigenvalue weighted by Crippen LogP contribution is -2.41. The van der Waals surface area contributed by atoms with Crippen LogP contribution in [0.3, 0.4) is 0 Å². The van der Waals surface area contributed by atoms with Gasteiger partial charge in [0.05, 0.1) is 18.2 Å². The van der Waals surface area contributed by atoms with Crippen molar-refractivity contribution < 1.29 is 9.15 Å². The van der Waals surface area contributed by atoms with Crippen molar-refractivity contribution in [2.24, 2.45) is 5.92 Å². The van der Waals surface area contributed by atoms with E-state index >= 15 is 0 Å². The lowest BCUT2D eigenvalue weighted by Gasteiger charge is -2.34. The first-order chi connectivity index (χ1) is 10.8. The van der Waals surface area contributed by atoms with Gasteiger partial charge in [-0.25, -0.2) is 4.79 Å². The second kappa shape index (κ2) is 5.89. The maximum absolute atomic E-state index is 12.2. The minimum absolute atomic E-state index is 0.215. The van der Waals surface area contributed by atoms with Crippen LogP contribution in [-0.4, -0.2) is 42.3 Å². The molecule has 5 heteroatoms. The number of hydrogen-bond acceptors (Lipinski definition) is 4. The van der Waals surface area contributed by atoms with Crippen LogP contribution in [0.1, 0.15) is 25.3 Å². The maximum Gasteiger partial charge on any atom is 0.420 e. The number of oxazole rings is 1. The Kier molecular flexibility index (Phi) is 3.76. The molecule has 2 saturated heterocycles. The highest BCUT2D eigenvalue weighted by molar-refractivity contribution is 5.72. The largest absolute Gasteiger partial charge is 0.420 e. The molecule has 2 aliphatic heterocycles. The van der Waals surface area contributed by atoms with Gasteiger partial charge in [0.2, 0.25) is 0 Å². The Bertz CT molecular complexity index is 699. The van der Waals surface area contributed by atoms with Crippen molar-refractivity contribution in [3.63, 3.8) is 0 Å². The van der Waals surface area contributed by atoms with Crippen molar-refractivity contribution in [2.75, 3.05) is 32.8 Å². The molecule has 1 aromatic heterocycles. The highest BCUT2D eigenvalue weighted by atomic mass is 16.5. The third-order valence-electron chi connectivity index (χ3n) is 4.90. The number of fused-ring (bicyclic) bond motifs is 1. The van der Waals surface area contributed by atoms with Gasteiger partial charge in [0.25, 0.3) is 0 Å². The quantitative estimate of drug-likeness (QED) is 0.872. The summed E-state index contributed by atoms with van der Waals surface area (Å²) in [6.07, 6.45) is 3.33. The smallest absolute Gasteiger partial charge is 0.408 e. The van der Waals surface area contributed by atoms with Crippen molar-refractivity contribution in [2.45, 2.75) is 25.3 Å². The monoisotopic (exact) mass is 302 g/mol. The van der Waals surface area contributed by atoms with Crippen molar-refractivity contribution in [3.05, 3.63) is 34.8 Å². The minimum Gasteiger partial charge on any atom is -0.408 e. The molecule has 0 N–H and O–H groups in total. The first kappa shape index (κ1) is 14.0. The molecule has 22 heavy (non-hydrogen) atoms. The molecule has 0 unspecified atom stereocenters. The summed E-state index contributed by atoms with van der Waals surface area (Å²) < 4.78 is 12.7. The molecular formula is C17H22N2O3. The summed E-state index contributed by atoms with van der Waals surface area (Å²) in [5, 5.41) is 0. The second-order valence-corrected chi connectivity index (χ2v) is 6.49. The zero-order chi connectivity index (χ0) is 14.9. The SMILES string of the molecule is O=c1oc2ccccc2n1[C@@H]1CCCN(C[C@H]2CCOC2)C1. The molecule has 0 radical (unpaired) electrons. The van der Waals surface area contributed by atoms with Gasteiger partial charge in [-0.3, -0.25) is 4.57 Å². The first-order valence-corrected chi connectivity index (χ1v) is 8.21. The number of piperidine rings is 1. The zero-order valence-electron chi connectivity index (χ0n) is 12.7. The topological polar surface area (TPSA) is 47.6 Å². The molecule has 2 fully saturated rings. The second-order valence-electron chi connectivity index (χ2n) is 6.49. The Morgan fingerprint density at radius 3 is 3.00 bits per heavy atom. The highest BCUT2D eigenvalue weighted by Crippen LogP contribution is 2.26. The van der Waals surface area contributed by atoms with Gasteiger partial charge >= 0.3 is 5.76 Å². The van der Waals surface area contributed by atoms with E-state index < -0.39 is 0 Å². The van der Waals surface area contributed by atoms with Crippen molar-refractivity contribution in [3.8, 4) is 0 Å². The minimum atomic E-state index is -0.225. The summed E-state index contributed by atoms with van der Waals surface area (Å²) in [5.41, 5.74) is 1.61. The van der Waals surface area contributed by atoms with E-state index in [1.54, 1.807) is 0 Å². The van der Waals surface area contributed by atoms with E-state index in [0.29, 0.717) is 11.5 Å². The van der Waals surface area contributed by atoms with E-state index in [0.717, 1.165) is 57.6 Å². The normalized spacial score (nSPS) is 26.7. The number of rotatable bonds is 3. The molecule has 0 saturated carbocycles. The van der Waals surface area contributed by atoms with Crippen LogP contribution in [0.5, 0.6) is 0 Å². The summed E-state index contributed by atoms with van der Waals surface area (Å²) in [4.78, 5) is 14.7. The van der Waals surface area contributed by atoms with E-state index in [1.807, 2.05) is 28.8 Å². The number of benzene rings is 1. The van der Waals surface area contributed by atoms with Gasteiger partial charge < -0.3 is 14.1 Å². The van der Waals surface area contributed by atoms with Crippen LogP contribution in [-0.2, 0) is 4.74 Å². The summed E-state index contributed by atoms with van der Waals surface area (Å²) in [7, 11) is 0.